The molecule has 0 heterocycles. The largest absolute Gasteiger partial charge is 0.390 e. The predicted octanol–water partition coefficient (Wildman–Crippen LogP) is 1.88. The van der Waals surface area contributed by atoms with Crippen LogP contribution in [0.15, 0.2) is 0 Å². The zero-order valence-electron chi connectivity index (χ0n) is 9.10. The molecule has 0 bridgehead atoms. The first-order chi connectivity index (χ1) is 6.06. The molecule has 0 rings (SSSR count). The number of rotatable bonds is 8. The molecular weight excluding hydrogens is 182 g/mol. The third kappa shape index (κ3) is 12.3. The van der Waals surface area contributed by atoms with E-state index in [0.717, 1.165) is 19.5 Å². The Balaban J connectivity index is 3.00. The summed E-state index contributed by atoms with van der Waals surface area (Å²) >= 11 is 1.90. The highest BCUT2D eigenvalue weighted by Gasteiger charge is 2.10. The van der Waals surface area contributed by atoms with E-state index in [1.54, 1.807) is 0 Å². The summed E-state index contributed by atoms with van der Waals surface area (Å²) in [6.07, 6.45) is 5.50. The second-order valence-electron chi connectivity index (χ2n) is 4.01. The lowest BCUT2D eigenvalue weighted by atomic mass is 10.1. The number of hydrogen-bond donors (Lipinski definition) is 2. The van der Waals surface area contributed by atoms with E-state index in [9.17, 15) is 5.11 Å². The van der Waals surface area contributed by atoms with E-state index < -0.39 is 5.60 Å². The Labute approximate surface area is 86.5 Å². The highest BCUT2D eigenvalue weighted by Crippen LogP contribution is 2.05. The van der Waals surface area contributed by atoms with E-state index in [0.29, 0.717) is 0 Å². The zero-order valence-corrected chi connectivity index (χ0v) is 9.91. The summed E-state index contributed by atoms with van der Waals surface area (Å²) in [7, 11) is 0. The van der Waals surface area contributed by atoms with Crippen LogP contribution in [-0.2, 0) is 0 Å². The van der Waals surface area contributed by atoms with Crippen LogP contribution in [0.25, 0.3) is 0 Å². The van der Waals surface area contributed by atoms with Gasteiger partial charge in [0.2, 0.25) is 0 Å². The van der Waals surface area contributed by atoms with Crippen LogP contribution in [0.3, 0.4) is 0 Å². The molecule has 0 saturated heterocycles. The minimum absolute atomic E-state index is 0.522. The summed E-state index contributed by atoms with van der Waals surface area (Å²) in [5.74, 6) is 1.26. The van der Waals surface area contributed by atoms with Crippen LogP contribution in [0.1, 0.15) is 33.1 Å². The fourth-order valence-electron chi connectivity index (χ4n) is 1.02. The van der Waals surface area contributed by atoms with Crippen LogP contribution in [0, 0.1) is 0 Å². The molecule has 0 atom stereocenters. The lowest BCUT2D eigenvalue weighted by Crippen LogP contribution is -2.27. The van der Waals surface area contributed by atoms with Crippen molar-refractivity contribution >= 4 is 11.8 Å². The van der Waals surface area contributed by atoms with E-state index in [4.69, 9.17) is 0 Å². The standard InChI is InChI=1S/C10H23NOS/c1-10(2,12)6-8-11-7-4-5-9-13-3/h11-12H,4-9H2,1-3H3. The molecule has 0 aromatic carbocycles. The van der Waals surface area contributed by atoms with Crippen LogP contribution < -0.4 is 5.32 Å². The molecule has 0 aromatic rings. The second-order valence-corrected chi connectivity index (χ2v) is 5.00. The van der Waals surface area contributed by atoms with Crippen molar-refractivity contribution in [3.05, 3.63) is 0 Å². The summed E-state index contributed by atoms with van der Waals surface area (Å²) in [5, 5.41) is 12.7. The minimum Gasteiger partial charge on any atom is -0.390 e. The van der Waals surface area contributed by atoms with Gasteiger partial charge in [-0.1, -0.05) is 0 Å². The normalized spacial score (nSPS) is 12.0. The van der Waals surface area contributed by atoms with Crippen molar-refractivity contribution in [3.8, 4) is 0 Å². The average molecular weight is 205 g/mol. The Hall–Kier alpha value is 0.270. The summed E-state index contributed by atoms with van der Waals surface area (Å²) in [6.45, 7) is 5.70. The molecule has 0 saturated carbocycles. The van der Waals surface area contributed by atoms with E-state index in [-0.39, 0.29) is 0 Å². The van der Waals surface area contributed by atoms with Crippen LogP contribution in [0.4, 0.5) is 0 Å². The topological polar surface area (TPSA) is 32.3 Å². The van der Waals surface area contributed by atoms with E-state index in [2.05, 4.69) is 11.6 Å². The highest BCUT2D eigenvalue weighted by atomic mass is 32.2. The van der Waals surface area contributed by atoms with Gasteiger partial charge in [0, 0.05) is 0 Å². The Bertz CT molecular complexity index is 112. The minimum atomic E-state index is -0.522. The highest BCUT2D eigenvalue weighted by molar-refractivity contribution is 7.98. The molecular formula is C10H23NOS. The fourth-order valence-corrected chi connectivity index (χ4v) is 1.51. The maximum atomic E-state index is 9.42. The van der Waals surface area contributed by atoms with Gasteiger partial charge in [-0.15, -0.1) is 0 Å². The van der Waals surface area contributed by atoms with Crippen LogP contribution >= 0.6 is 11.8 Å². The van der Waals surface area contributed by atoms with Gasteiger partial charge in [0.15, 0.2) is 0 Å². The first kappa shape index (κ1) is 13.3. The summed E-state index contributed by atoms with van der Waals surface area (Å²) in [6, 6.07) is 0. The third-order valence-electron chi connectivity index (χ3n) is 1.87. The van der Waals surface area contributed by atoms with Crippen molar-refractivity contribution in [2.45, 2.75) is 38.7 Å². The van der Waals surface area contributed by atoms with Gasteiger partial charge in [-0.05, 0) is 58.2 Å². The number of aliphatic hydroxyl groups is 1. The summed E-state index contributed by atoms with van der Waals surface area (Å²) in [4.78, 5) is 0. The molecule has 0 aliphatic heterocycles. The van der Waals surface area contributed by atoms with Crippen molar-refractivity contribution in [3.63, 3.8) is 0 Å². The monoisotopic (exact) mass is 205 g/mol. The molecule has 3 heteroatoms. The molecule has 80 valence electrons. The van der Waals surface area contributed by atoms with Gasteiger partial charge in [0.25, 0.3) is 0 Å². The number of nitrogens with one attached hydrogen (secondary N) is 1. The zero-order chi connectivity index (χ0) is 10.2. The summed E-state index contributed by atoms with van der Waals surface area (Å²) in [5.41, 5.74) is -0.522. The van der Waals surface area contributed by atoms with Crippen LogP contribution in [0.2, 0.25) is 0 Å². The molecule has 0 aliphatic carbocycles. The number of thioether (sulfide) groups is 1. The van der Waals surface area contributed by atoms with Gasteiger partial charge in [-0.25, -0.2) is 0 Å². The Morgan fingerprint density at radius 1 is 1.23 bits per heavy atom. The Kier molecular flexibility index (Phi) is 7.81. The van der Waals surface area contributed by atoms with E-state index in [1.807, 2.05) is 25.6 Å². The van der Waals surface area contributed by atoms with Crippen molar-refractivity contribution in [2.24, 2.45) is 0 Å². The predicted molar refractivity (Wildman–Crippen MR) is 61.4 cm³/mol. The quantitative estimate of drug-likeness (QED) is 0.593. The molecule has 0 unspecified atom stereocenters. The molecule has 0 radical (unpaired) electrons. The maximum Gasteiger partial charge on any atom is 0.0603 e. The first-order valence-electron chi connectivity index (χ1n) is 4.98. The molecule has 0 fully saturated rings. The lowest BCUT2D eigenvalue weighted by molar-refractivity contribution is 0.0712. The lowest BCUT2D eigenvalue weighted by Gasteiger charge is -2.16. The van der Waals surface area contributed by atoms with Gasteiger partial charge < -0.3 is 10.4 Å². The van der Waals surface area contributed by atoms with Crippen molar-refractivity contribution < 1.29 is 5.11 Å². The maximum absolute atomic E-state index is 9.42. The number of hydrogen-bond acceptors (Lipinski definition) is 3. The Morgan fingerprint density at radius 3 is 2.46 bits per heavy atom. The molecule has 0 amide bonds. The van der Waals surface area contributed by atoms with E-state index >= 15 is 0 Å². The fraction of sp³-hybridized carbons (Fsp3) is 1.00. The Morgan fingerprint density at radius 2 is 1.92 bits per heavy atom. The van der Waals surface area contributed by atoms with Gasteiger partial charge >= 0.3 is 0 Å². The smallest absolute Gasteiger partial charge is 0.0603 e. The second kappa shape index (κ2) is 7.65. The average Bonchev–Trinajstić information content (AvgIpc) is 2.01. The molecule has 2 nitrogen and oxygen atoms in total. The third-order valence-corrected chi connectivity index (χ3v) is 2.56. The molecule has 0 aliphatic rings. The van der Waals surface area contributed by atoms with Crippen LogP contribution in [-0.4, -0.2) is 35.8 Å². The van der Waals surface area contributed by atoms with Gasteiger partial charge in [-0.2, -0.15) is 11.8 Å². The van der Waals surface area contributed by atoms with Gasteiger partial charge in [-0.3, -0.25) is 0 Å². The van der Waals surface area contributed by atoms with Gasteiger partial charge in [0.05, 0.1) is 5.60 Å². The molecule has 0 spiro atoms. The molecule has 13 heavy (non-hydrogen) atoms. The first-order valence-corrected chi connectivity index (χ1v) is 6.38. The number of unbranched alkanes of at least 4 members (excludes halogenated alkanes) is 1. The van der Waals surface area contributed by atoms with Crippen LogP contribution in [0.5, 0.6) is 0 Å². The van der Waals surface area contributed by atoms with E-state index in [1.165, 1.54) is 18.6 Å². The van der Waals surface area contributed by atoms with Crippen molar-refractivity contribution in [2.75, 3.05) is 25.1 Å². The SMILES string of the molecule is CSCCCCNCCC(C)(C)O. The molecule has 0 aromatic heterocycles. The van der Waals surface area contributed by atoms with Gasteiger partial charge in [0.1, 0.15) is 0 Å². The van der Waals surface area contributed by atoms with Crippen molar-refractivity contribution in [1.82, 2.24) is 5.32 Å². The molecule has 2 N–H and O–H groups in total. The van der Waals surface area contributed by atoms with Crippen molar-refractivity contribution in [1.29, 1.82) is 0 Å². The summed E-state index contributed by atoms with van der Waals surface area (Å²) < 4.78 is 0.